The third-order valence-corrected chi connectivity index (χ3v) is 4.01. The van der Waals surface area contributed by atoms with Gasteiger partial charge in [-0.3, -0.25) is 4.79 Å². The number of carbonyl (C=O) groups excluding carboxylic acids is 1. The van der Waals surface area contributed by atoms with E-state index in [1.54, 1.807) is 18.2 Å². The summed E-state index contributed by atoms with van der Waals surface area (Å²) in [4.78, 5) is 22.6. The molecule has 1 N–H and O–H groups in total. The normalized spacial score (nSPS) is 10.5. The van der Waals surface area contributed by atoms with E-state index < -0.39 is 5.97 Å². The largest absolute Gasteiger partial charge is 0.477 e. The van der Waals surface area contributed by atoms with Gasteiger partial charge in [-0.2, -0.15) is 0 Å². The second kappa shape index (κ2) is 5.19. The number of hydrogen-bond acceptors (Lipinski definition) is 2. The summed E-state index contributed by atoms with van der Waals surface area (Å²) in [5.41, 5.74) is 0.912. The van der Waals surface area contributed by atoms with Crippen molar-refractivity contribution in [3.63, 3.8) is 0 Å². The van der Waals surface area contributed by atoms with Crippen LogP contribution in [-0.4, -0.2) is 21.4 Å². The lowest BCUT2D eigenvalue weighted by molar-refractivity contribution is 0.0688. The number of nitrogens with zero attached hydrogens (tertiary/aromatic N) is 1. The van der Waals surface area contributed by atoms with Gasteiger partial charge in [-0.25, -0.2) is 4.79 Å². The first-order valence-electron chi connectivity index (χ1n) is 5.33. The number of Topliss-reactive ketones (excluding diaryl/α,β-unsaturated/α-hetero) is 1. The quantitative estimate of drug-likeness (QED) is 0.863. The molecular formula is C13H9BrClNO3. The fourth-order valence-corrected chi connectivity index (χ4v) is 2.32. The van der Waals surface area contributed by atoms with Crippen LogP contribution in [-0.2, 0) is 0 Å². The standard InChI is InChI=1S/C13H9BrClNO3/c1-7(17)8-5-11(13(18)19)16(6-8)10-4-2-3-9(15)12(10)14/h2-6H,1H3,(H,18,19). The van der Waals surface area contributed by atoms with Crippen molar-refractivity contribution in [3.05, 3.63) is 51.2 Å². The molecular weight excluding hydrogens is 334 g/mol. The summed E-state index contributed by atoms with van der Waals surface area (Å²) >= 11 is 9.31. The number of carbonyl (C=O) groups is 2. The molecule has 0 aliphatic heterocycles. The van der Waals surface area contributed by atoms with Crippen LogP contribution in [0.2, 0.25) is 5.02 Å². The Hall–Kier alpha value is -1.59. The van der Waals surface area contributed by atoms with Crippen LogP contribution in [0.3, 0.4) is 0 Å². The van der Waals surface area contributed by atoms with Crippen molar-refractivity contribution in [1.29, 1.82) is 0 Å². The molecule has 0 aliphatic carbocycles. The molecule has 19 heavy (non-hydrogen) atoms. The monoisotopic (exact) mass is 341 g/mol. The Morgan fingerprint density at radius 3 is 2.63 bits per heavy atom. The molecule has 0 saturated heterocycles. The number of ketones is 1. The minimum atomic E-state index is -1.11. The van der Waals surface area contributed by atoms with E-state index >= 15 is 0 Å². The second-order valence-electron chi connectivity index (χ2n) is 3.92. The van der Waals surface area contributed by atoms with Crippen molar-refractivity contribution < 1.29 is 14.7 Å². The van der Waals surface area contributed by atoms with Crippen LogP contribution in [0.25, 0.3) is 5.69 Å². The summed E-state index contributed by atoms with van der Waals surface area (Å²) in [5.74, 6) is -1.31. The fourth-order valence-electron chi connectivity index (χ4n) is 1.70. The number of aromatic carboxylic acids is 1. The topological polar surface area (TPSA) is 59.3 Å². The van der Waals surface area contributed by atoms with Gasteiger partial charge in [-0.1, -0.05) is 17.7 Å². The van der Waals surface area contributed by atoms with Crippen LogP contribution in [0, 0.1) is 0 Å². The maximum atomic E-state index is 11.4. The summed E-state index contributed by atoms with van der Waals surface area (Å²) in [6.07, 6.45) is 1.49. The van der Waals surface area contributed by atoms with Crippen LogP contribution >= 0.6 is 27.5 Å². The second-order valence-corrected chi connectivity index (χ2v) is 5.12. The Balaban J connectivity index is 2.70. The van der Waals surface area contributed by atoms with Crippen molar-refractivity contribution >= 4 is 39.3 Å². The molecule has 0 bridgehead atoms. The molecule has 0 amide bonds. The Morgan fingerprint density at radius 1 is 1.37 bits per heavy atom. The minimum Gasteiger partial charge on any atom is -0.477 e. The van der Waals surface area contributed by atoms with Crippen molar-refractivity contribution in [1.82, 2.24) is 4.57 Å². The van der Waals surface area contributed by atoms with Gasteiger partial charge in [0.1, 0.15) is 5.69 Å². The number of hydrogen-bond donors (Lipinski definition) is 1. The maximum Gasteiger partial charge on any atom is 0.352 e. The highest BCUT2D eigenvalue weighted by Gasteiger charge is 2.17. The van der Waals surface area contributed by atoms with Gasteiger partial charge in [0.2, 0.25) is 0 Å². The smallest absolute Gasteiger partial charge is 0.352 e. The zero-order chi connectivity index (χ0) is 14.2. The number of carboxylic acid groups (broad SMARTS) is 1. The molecule has 1 heterocycles. The molecule has 4 nitrogen and oxygen atoms in total. The first-order valence-corrected chi connectivity index (χ1v) is 6.50. The van der Waals surface area contributed by atoms with Gasteiger partial charge in [0.25, 0.3) is 0 Å². The SMILES string of the molecule is CC(=O)c1cc(C(=O)O)n(-c2cccc(Cl)c2Br)c1. The molecule has 2 aromatic rings. The maximum absolute atomic E-state index is 11.4. The zero-order valence-electron chi connectivity index (χ0n) is 9.85. The minimum absolute atomic E-state index is 0.00756. The number of aromatic nitrogens is 1. The van der Waals surface area contributed by atoms with E-state index in [2.05, 4.69) is 15.9 Å². The molecule has 0 aliphatic rings. The first kappa shape index (κ1) is 13.8. The summed E-state index contributed by atoms with van der Waals surface area (Å²) in [7, 11) is 0. The average Bonchev–Trinajstić information content (AvgIpc) is 2.77. The predicted octanol–water partition coefficient (Wildman–Crippen LogP) is 3.79. The Bertz CT molecular complexity index is 679. The van der Waals surface area contributed by atoms with Gasteiger partial charge in [0, 0.05) is 11.8 Å². The highest BCUT2D eigenvalue weighted by atomic mass is 79.9. The lowest BCUT2D eigenvalue weighted by Crippen LogP contribution is -2.06. The molecule has 0 unspecified atom stereocenters. The molecule has 2 rings (SSSR count). The van der Waals surface area contributed by atoms with E-state index in [-0.39, 0.29) is 11.5 Å². The van der Waals surface area contributed by atoms with E-state index in [1.807, 2.05) is 0 Å². The molecule has 1 aromatic carbocycles. The molecule has 0 fully saturated rings. The summed E-state index contributed by atoms with van der Waals surface area (Å²) in [5, 5.41) is 9.67. The van der Waals surface area contributed by atoms with Crippen LogP contribution in [0.5, 0.6) is 0 Å². The van der Waals surface area contributed by atoms with E-state index in [0.29, 0.717) is 20.7 Å². The number of benzene rings is 1. The van der Waals surface area contributed by atoms with Crippen molar-refractivity contribution in [2.45, 2.75) is 6.92 Å². The fraction of sp³-hybridized carbons (Fsp3) is 0.0769. The van der Waals surface area contributed by atoms with E-state index in [1.165, 1.54) is 23.8 Å². The summed E-state index contributed by atoms with van der Waals surface area (Å²) in [6, 6.07) is 6.46. The van der Waals surface area contributed by atoms with Gasteiger partial charge in [-0.15, -0.1) is 0 Å². The number of rotatable bonds is 3. The van der Waals surface area contributed by atoms with Crippen molar-refractivity contribution in [2.24, 2.45) is 0 Å². The molecule has 98 valence electrons. The van der Waals surface area contributed by atoms with Crippen molar-refractivity contribution in [3.8, 4) is 5.69 Å². The summed E-state index contributed by atoms with van der Waals surface area (Å²) in [6.45, 7) is 1.39. The van der Waals surface area contributed by atoms with Crippen LogP contribution in [0.4, 0.5) is 0 Å². The van der Waals surface area contributed by atoms with Crippen LogP contribution in [0.1, 0.15) is 27.8 Å². The highest BCUT2D eigenvalue weighted by molar-refractivity contribution is 9.10. The number of carboxylic acids is 1. The third kappa shape index (κ3) is 2.57. The zero-order valence-corrected chi connectivity index (χ0v) is 12.2. The van der Waals surface area contributed by atoms with E-state index in [4.69, 9.17) is 11.6 Å². The Kier molecular flexibility index (Phi) is 3.78. The van der Waals surface area contributed by atoms with E-state index in [9.17, 15) is 14.7 Å². The number of halogens is 2. The van der Waals surface area contributed by atoms with Gasteiger partial charge in [-0.05, 0) is 41.1 Å². The summed E-state index contributed by atoms with van der Waals surface area (Å²) < 4.78 is 2.00. The van der Waals surface area contributed by atoms with Crippen LogP contribution in [0.15, 0.2) is 34.9 Å². The van der Waals surface area contributed by atoms with Gasteiger partial charge >= 0.3 is 5.97 Å². The molecule has 0 saturated carbocycles. The van der Waals surface area contributed by atoms with Gasteiger partial charge in [0.15, 0.2) is 5.78 Å². The molecule has 1 aromatic heterocycles. The van der Waals surface area contributed by atoms with Crippen molar-refractivity contribution in [2.75, 3.05) is 0 Å². The third-order valence-electron chi connectivity index (χ3n) is 2.64. The lowest BCUT2D eigenvalue weighted by atomic mass is 10.2. The van der Waals surface area contributed by atoms with Gasteiger partial charge < -0.3 is 9.67 Å². The van der Waals surface area contributed by atoms with E-state index in [0.717, 1.165) is 0 Å². The predicted molar refractivity (Wildman–Crippen MR) is 75.4 cm³/mol. The first-order chi connectivity index (χ1) is 8.91. The highest BCUT2D eigenvalue weighted by Crippen LogP contribution is 2.30. The average molecular weight is 343 g/mol. The van der Waals surface area contributed by atoms with Gasteiger partial charge in [0.05, 0.1) is 15.2 Å². The molecule has 6 heteroatoms. The lowest BCUT2D eigenvalue weighted by Gasteiger charge is -2.09. The molecule has 0 radical (unpaired) electrons. The Morgan fingerprint density at radius 2 is 2.05 bits per heavy atom. The molecule has 0 atom stereocenters. The van der Waals surface area contributed by atoms with Crippen LogP contribution < -0.4 is 0 Å². The molecule has 0 spiro atoms. The Labute approximate surface area is 122 Å².